The third-order valence-corrected chi connectivity index (χ3v) is 2.40. The molecule has 0 bridgehead atoms. The molecule has 1 heterocycles. The summed E-state index contributed by atoms with van der Waals surface area (Å²) in [6.45, 7) is 5.23. The minimum absolute atomic E-state index is 0.113. The van der Waals surface area contributed by atoms with Crippen LogP contribution in [0.1, 0.15) is 27.2 Å². The Morgan fingerprint density at radius 2 is 2.06 bits per heavy atom. The van der Waals surface area contributed by atoms with Crippen molar-refractivity contribution in [1.29, 1.82) is 5.26 Å². The first-order chi connectivity index (χ1) is 7.74. The predicted molar refractivity (Wildman–Crippen MR) is 58.1 cm³/mol. The van der Waals surface area contributed by atoms with Crippen LogP contribution in [0, 0.1) is 17.2 Å². The second-order valence-electron chi connectivity index (χ2n) is 5.05. The summed E-state index contributed by atoms with van der Waals surface area (Å²) in [5, 5.41) is 17.8. The normalized spacial score (nSPS) is 24.2. The number of carbonyl (C=O) groups excluding carboxylic acids is 1. The van der Waals surface area contributed by atoms with Crippen LogP contribution in [0.5, 0.6) is 0 Å². The molecule has 0 saturated carbocycles. The van der Waals surface area contributed by atoms with E-state index >= 15 is 0 Å². The molecule has 1 saturated heterocycles. The van der Waals surface area contributed by atoms with E-state index in [9.17, 15) is 9.59 Å². The fourth-order valence-electron chi connectivity index (χ4n) is 1.69. The molecule has 1 aliphatic heterocycles. The van der Waals surface area contributed by atoms with E-state index in [0.29, 0.717) is 0 Å². The highest BCUT2D eigenvalue weighted by molar-refractivity contribution is 5.81. The first-order valence-corrected chi connectivity index (χ1v) is 5.36. The fraction of sp³-hybridized carbons (Fsp3) is 0.727. The van der Waals surface area contributed by atoms with E-state index in [-0.39, 0.29) is 13.0 Å². The van der Waals surface area contributed by atoms with Gasteiger partial charge in [-0.25, -0.2) is 9.59 Å². The first-order valence-electron chi connectivity index (χ1n) is 5.36. The number of carboxylic acids is 1. The smallest absolute Gasteiger partial charge is 0.411 e. The van der Waals surface area contributed by atoms with Crippen LogP contribution >= 0.6 is 0 Å². The first kappa shape index (κ1) is 13.3. The lowest BCUT2D eigenvalue weighted by atomic mass is 10.1. The van der Waals surface area contributed by atoms with Crippen molar-refractivity contribution in [2.75, 3.05) is 6.54 Å². The van der Waals surface area contributed by atoms with Crippen molar-refractivity contribution in [2.24, 2.45) is 5.92 Å². The molecule has 1 aliphatic rings. The standard InChI is InChI=1S/C11H16N2O4/c1-11(2,3)17-10(16)13-6-7(5-12)4-8(13)9(14)15/h7-8H,4,6H2,1-3H3,(H,14,15)/t7-,8-/m0/s1. The molecule has 1 N–H and O–H groups in total. The van der Waals surface area contributed by atoms with Crippen LogP contribution in [-0.2, 0) is 9.53 Å². The van der Waals surface area contributed by atoms with Crippen LogP contribution in [0.25, 0.3) is 0 Å². The third-order valence-electron chi connectivity index (χ3n) is 2.40. The minimum atomic E-state index is -1.10. The molecule has 2 atom stereocenters. The Morgan fingerprint density at radius 1 is 1.47 bits per heavy atom. The number of amides is 1. The zero-order valence-electron chi connectivity index (χ0n) is 10.1. The van der Waals surface area contributed by atoms with Gasteiger partial charge in [0, 0.05) is 6.54 Å². The molecule has 1 amide bonds. The van der Waals surface area contributed by atoms with Crippen LogP contribution in [0.3, 0.4) is 0 Å². The summed E-state index contributed by atoms with van der Waals surface area (Å²) in [5.74, 6) is -1.54. The van der Waals surface area contributed by atoms with Crippen LogP contribution in [-0.4, -0.2) is 40.3 Å². The summed E-state index contributed by atoms with van der Waals surface area (Å²) in [6, 6.07) is 1.02. The van der Waals surface area contributed by atoms with Gasteiger partial charge in [-0.3, -0.25) is 4.90 Å². The molecule has 0 aromatic heterocycles. The molecular formula is C11H16N2O4. The molecule has 94 valence electrons. The molecule has 6 heteroatoms. The Hall–Kier alpha value is -1.77. The summed E-state index contributed by atoms with van der Waals surface area (Å²) in [7, 11) is 0. The van der Waals surface area contributed by atoms with E-state index < -0.39 is 29.6 Å². The van der Waals surface area contributed by atoms with Crippen LogP contribution in [0.15, 0.2) is 0 Å². The minimum Gasteiger partial charge on any atom is -0.480 e. The van der Waals surface area contributed by atoms with Gasteiger partial charge in [0.1, 0.15) is 11.6 Å². The maximum atomic E-state index is 11.8. The van der Waals surface area contributed by atoms with Gasteiger partial charge >= 0.3 is 12.1 Å². The number of carboxylic acid groups (broad SMARTS) is 1. The molecule has 6 nitrogen and oxygen atoms in total. The van der Waals surface area contributed by atoms with Gasteiger partial charge in [-0.1, -0.05) is 0 Å². The van der Waals surface area contributed by atoms with Crippen molar-refractivity contribution in [2.45, 2.75) is 38.8 Å². The van der Waals surface area contributed by atoms with Gasteiger partial charge < -0.3 is 9.84 Å². The third kappa shape index (κ3) is 3.34. The highest BCUT2D eigenvalue weighted by Crippen LogP contribution is 2.25. The number of rotatable bonds is 1. The average molecular weight is 240 g/mol. The predicted octanol–water partition coefficient (Wildman–Crippen LogP) is 1.22. The second kappa shape index (κ2) is 4.62. The number of hydrogen-bond donors (Lipinski definition) is 1. The molecular weight excluding hydrogens is 224 g/mol. The van der Waals surface area contributed by atoms with Gasteiger partial charge in [0.25, 0.3) is 0 Å². The number of ether oxygens (including phenoxy) is 1. The Labute approximate surface area is 99.8 Å². The van der Waals surface area contributed by atoms with Gasteiger partial charge in [-0.15, -0.1) is 0 Å². The molecule has 0 aromatic carbocycles. The van der Waals surface area contributed by atoms with Crippen molar-refractivity contribution in [3.63, 3.8) is 0 Å². The molecule has 0 radical (unpaired) electrons. The maximum Gasteiger partial charge on any atom is 0.411 e. The van der Waals surface area contributed by atoms with Gasteiger partial charge in [0.05, 0.1) is 12.0 Å². The van der Waals surface area contributed by atoms with E-state index in [1.54, 1.807) is 20.8 Å². The zero-order chi connectivity index (χ0) is 13.2. The quantitative estimate of drug-likeness (QED) is 0.744. The molecule has 0 aliphatic carbocycles. The van der Waals surface area contributed by atoms with E-state index in [1.165, 1.54) is 0 Å². The molecule has 17 heavy (non-hydrogen) atoms. The summed E-state index contributed by atoms with van der Waals surface area (Å²) in [6.07, 6.45) is -0.520. The summed E-state index contributed by atoms with van der Waals surface area (Å²) < 4.78 is 5.11. The van der Waals surface area contributed by atoms with Gasteiger partial charge in [0.2, 0.25) is 0 Å². The van der Waals surface area contributed by atoms with Gasteiger partial charge in [-0.05, 0) is 27.2 Å². The summed E-state index contributed by atoms with van der Waals surface area (Å²) in [4.78, 5) is 23.9. The van der Waals surface area contributed by atoms with Crippen molar-refractivity contribution >= 4 is 12.1 Å². The van der Waals surface area contributed by atoms with Crippen molar-refractivity contribution in [3.8, 4) is 6.07 Å². The van der Waals surface area contributed by atoms with E-state index in [0.717, 1.165) is 4.90 Å². The zero-order valence-corrected chi connectivity index (χ0v) is 10.1. The Bertz CT molecular complexity index is 367. The van der Waals surface area contributed by atoms with Crippen LogP contribution in [0.4, 0.5) is 4.79 Å². The molecule has 0 unspecified atom stereocenters. The topological polar surface area (TPSA) is 90.6 Å². The SMILES string of the molecule is CC(C)(C)OC(=O)N1C[C@H](C#N)C[C@H]1C(=O)O. The van der Waals surface area contributed by atoms with E-state index in [4.69, 9.17) is 15.1 Å². The number of nitriles is 1. The number of likely N-dealkylation sites (tertiary alicyclic amines) is 1. The van der Waals surface area contributed by atoms with Gasteiger partial charge in [0.15, 0.2) is 0 Å². The van der Waals surface area contributed by atoms with Crippen molar-refractivity contribution in [3.05, 3.63) is 0 Å². The van der Waals surface area contributed by atoms with Crippen molar-refractivity contribution < 1.29 is 19.4 Å². The maximum absolute atomic E-state index is 11.8. The molecule has 0 spiro atoms. The van der Waals surface area contributed by atoms with Crippen LogP contribution < -0.4 is 0 Å². The second-order valence-corrected chi connectivity index (χ2v) is 5.05. The Morgan fingerprint density at radius 3 is 2.47 bits per heavy atom. The summed E-state index contributed by atoms with van der Waals surface area (Å²) >= 11 is 0. The lowest BCUT2D eigenvalue weighted by Gasteiger charge is -2.26. The molecule has 0 aromatic rings. The van der Waals surface area contributed by atoms with E-state index in [2.05, 4.69) is 0 Å². The highest BCUT2D eigenvalue weighted by atomic mass is 16.6. The lowest BCUT2D eigenvalue weighted by Crippen LogP contribution is -2.43. The number of hydrogen-bond acceptors (Lipinski definition) is 4. The highest BCUT2D eigenvalue weighted by Gasteiger charge is 2.41. The van der Waals surface area contributed by atoms with Crippen molar-refractivity contribution in [1.82, 2.24) is 4.90 Å². The summed E-state index contributed by atoms with van der Waals surface area (Å²) in [5.41, 5.74) is -0.676. The Balaban J connectivity index is 2.78. The van der Waals surface area contributed by atoms with Crippen LogP contribution in [0.2, 0.25) is 0 Å². The number of nitrogens with zero attached hydrogens (tertiary/aromatic N) is 2. The molecule has 1 rings (SSSR count). The lowest BCUT2D eigenvalue weighted by molar-refractivity contribution is -0.142. The van der Waals surface area contributed by atoms with Gasteiger partial charge in [-0.2, -0.15) is 5.26 Å². The largest absolute Gasteiger partial charge is 0.480 e. The number of carbonyl (C=O) groups is 2. The van der Waals surface area contributed by atoms with E-state index in [1.807, 2.05) is 6.07 Å². The molecule has 1 fully saturated rings. The average Bonchev–Trinajstić information content (AvgIpc) is 2.58. The number of aliphatic carboxylic acids is 1. The fourth-order valence-corrected chi connectivity index (χ4v) is 1.69. The Kier molecular flexibility index (Phi) is 3.61. The monoisotopic (exact) mass is 240 g/mol.